The first-order chi connectivity index (χ1) is 17.5. The van der Waals surface area contributed by atoms with E-state index in [1.807, 2.05) is 12.1 Å². The van der Waals surface area contributed by atoms with Crippen LogP contribution in [0.1, 0.15) is 42.9 Å². The average molecular weight is 505 g/mol. The van der Waals surface area contributed by atoms with Crippen LogP contribution in [0, 0.1) is 11.7 Å². The van der Waals surface area contributed by atoms with Crippen LogP contribution in [0.2, 0.25) is 0 Å². The maximum atomic E-state index is 13.1. The Bertz CT molecular complexity index is 1180. The third-order valence-electron chi connectivity index (χ3n) is 6.91. The molecule has 1 unspecified atom stereocenters. The number of piperidine rings is 1. The van der Waals surface area contributed by atoms with Crippen molar-refractivity contribution in [2.75, 3.05) is 34.8 Å². The lowest BCUT2D eigenvalue weighted by molar-refractivity contribution is 0.444. The van der Waals surface area contributed by atoms with Crippen LogP contribution in [0.25, 0.3) is 0 Å². The van der Waals surface area contributed by atoms with E-state index in [0.717, 1.165) is 56.2 Å². The number of anilines is 3. The largest absolute Gasteiger partial charge is 0.362 e. The van der Waals surface area contributed by atoms with Crippen LogP contribution in [-0.2, 0) is 19.5 Å². The highest BCUT2D eigenvalue weighted by atomic mass is 32.1. The molecule has 3 heterocycles. The standard InChI is InChI=1S/C28H33FN6S/c1-20-6-5-15-34(17-20)25-16-26(35-18-22-8-2-3-9-23(22)19-35)32-27(31-25)33-28(36)30-14-4-7-21-10-12-24(29)13-11-21/h2-3,8-13,16,20H,4-7,14-15,17-19H2,1H3,(H2,30,31,32,33,36). The fourth-order valence-electron chi connectivity index (χ4n) is 4.99. The Labute approximate surface area is 217 Å². The van der Waals surface area contributed by atoms with E-state index < -0.39 is 0 Å². The van der Waals surface area contributed by atoms with E-state index in [1.165, 1.54) is 36.1 Å². The Kier molecular flexibility index (Phi) is 7.60. The minimum absolute atomic E-state index is 0.208. The second-order valence-electron chi connectivity index (χ2n) is 9.84. The molecule has 1 fully saturated rings. The van der Waals surface area contributed by atoms with E-state index >= 15 is 0 Å². The number of nitrogens with zero attached hydrogens (tertiary/aromatic N) is 4. The van der Waals surface area contributed by atoms with Crippen molar-refractivity contribution >= 4 is 34.9 Å². The molecule has 2 aliphatic rings. The number of hydrogen-bond donors (Lipinski definition) is 2. The monoisotopic (exact) mass is 504 g/mol. The number of rotatable bonds is 7. The van der Waals surface area contributed by atoms with E-state index in [0.29, 0.717) is 23.5 Å². The van der Waals surface area contributed by atoms with Crippen molar-refractivity contribution in [2.45, 2.75) is 45.7 Å². The van der Waals surface area contributed by atoms with Crippen molar-refractivity contribution in [3.05, 3.63) is 77.1 Å². The molecule has 0 spiro atoms. The van der Waals surface area contributed by atoms with Gasteiger partial charge in [-0.05, 0) is 72.6 Å². The third-order valence-corrected chi connectivity index (χ3v) is 7.16. The second-order valence-corrected chi connectivity index (χ2v) is 10.2. The number of nitrogens with one attached hydrogen (secondary N) is 2. The van der Waals surface area contributed by atoms with Crippen molar-refractivity contribution < 1.29 is 4.39 Å². The predicted molar refractivity (Wildman–Crippen MR) is 148 cm³/mol. The third kappa shape index (κ3) is 6.10. The fourth-order valence-corrected chi connectivity index (χ4v) is 5.18. The van der Waals surface area contributed by atoms with Gasteiger partial charge in [0.1, 0.15) is 17.5 Å². The van der Waals surface area contributed by atoms with E-state index in [9.17, 15) is 4.39 Å². The van der Waals surface area contributed by atoms with E-state index in [2.05, 4.69) is 57.7 Å². The lowest BCUT2D eigenvalue weighted by Crippen LogP contribution is -2.35. The van der Waals surface area contributed by atoms with Crippen LogP contribution < -0.4 is 20.4 Å². The smallest absolute Gasteiger partial charge is 0.232 e. The molecular formula is C28H33FN6S. The molecule has 8 heteroatoms. The van der Waals surface area contributed by atoms with Crippen LogP contribution >= 0.6 is 12.2 Å². The molecule has 6 nitrogen and oxygen atoms in total. The SMILES string of the molecule is CC1CCCN(c2cc(N3Cc4ccccc4C3)nc(NC(=S)NCCCc3ccc(F)cc3)n2)C1. The summed E-state index contributed by atoms with van der Waals surface area (Å²) in [6.45, 7) is 6.70. The molecule has 0 amide bonds. The summed E-state index contributed by atoms with van der Waals surface area (Å²) in [5.74, 6) is 2.82. The second kappa shape index (κ2) is 11.2. The van der Waals surface area contributed by atoms with Crippen molar-refractivity contribution in [2.24, 2.45) is 5.92 Å². The van der Waals surface area contributed by atoms with Crippen molar-refractivity contribution in [1.29, 1.82) is 0 Å². The number of aromatic nitrogens is 2. The summed E-state index contributed by atoms with van der Waals surface area (Å²) in [4.78, 5) is 14.4. The highest BCUT2D eigenvalue weighted by Crippen LogP contribution is 2.31. The Morgan fingerprint density at radius 3 is 2.42 bits per heavy atom. The summed E-state index contributed by atoms with van der Waals surface area (Å²) in [6.07, 6.45) is 4.17. The zero-order valence-electron chi connectivity index (χ0n) is 20.7. The number of fused-ring (bicyclic) bond motifs is 1. The molecule has 3 aromatic rings. The van der Waals surface area contributed by atoms with Gasteiger partial charge in [-0.25, -0.2) is 4.39 Å². The summed E-state index contributed by atoms with van der Waals surface area (Å²) < 4.78 is 13.1. The normalized spacial score (nSPS) is 17.1. The molecule has 1 aromatic heterocycles. The lowest BCUT2D eigenvalue weighted by atomic mass is 10.0. The van der Waals surface area contributed by atoms with Gasteiger partial charge in [0.15, 0.2) is 5.11 Å². The van der Waals surface area contributed by atoms with Crippen molar-refractivity contribution in [3.63, 3.8) is 0 Å². The molecule has 188 valence electrons. The van der Waals surface area contributed by atoms with Crippen LogP contribution in [0.3, 0.4) is 0 Å². The van der Waals surface area contributed by atoms with E-state index in [1.54, 1.807) is 0 Å². The van der Waals surface area contributed by atoms with Gasteiger partial charge in [0.05, 0.1) is 0 Å². The molecule has 1 atom stereocenters. The van der Waals surface area contributed by atoms with Crippen LogP contribution in [-0.4, -0.2) is 34.7 Å². The molecular weight excluding hydrogens is 471 g/mol. The van der Waals surface area contributed by atoms with Crippen molar-refractivity contribution in [1.82, 2.24) is 15.3 Å². The Morgan fingerprint density at radius 2 is 1.72 bits per heavy atom. The van der Waals surface area contributed by atoms with E-state index in [-0.39, 0.29) is 5.82 Å². The van der Waals surface area contributed by atoms with Gasteiger partial charge in [0, 0.05) is 38.8 Å². The summed E-state index contributed by atoms with van der Waals surface area (Å²) in [5.41, 5.74) is 3.80. The quantitative estimate of drug-likeness (QED) is 0.335. The molecule has 2 aromatic carbocycles. The Balaban J connectivity index is 1.25. The Hall–Kier alpha value is -3.26. The first kappa shape index (κ1) is 24.4. The number of thiocarbonyl (C=S) groups is 1. The molecule has 2 N–H and O–H groups in total. The zero-order chi connectivity index (χ0) is 24.9. The number of aryl methyl sites for hydroxylation is 1. The first-order valence-corrected chi connectivity index (χ1v) is 13.2. The van der Waals surface area contributed by atoms with Gasteiger partial charge in [-0.3, -0.25) is 0 Å². The minimum Gasteiger partial charge on any atom is -0.362 e. The molecule has 0 bridgehead atoms. The maximum absolute atomic E-state index is 13.1. The summed E-state index contributed by atoms with van der Waals surface area (Å²) in [7, 11) is 0. The molecule has 0 aliphatic carbocycles. The Morgan fingerprint density at radius 1 is 1.03 bits per heavy atom. The van der Waals surface area contributed by atoms with Gasteiger partial charge in [0.25, 0.3) is 0 Å². The fraction of sp³-hybridized carbons (Fsp3) is 0.393. The molecule has 36 heavy (non-hydrogen) atoms. The van der Waals surface area contributed by atoms with Gasteiger partial charge in [0.2, 0.25) is 5.95 Å². The lowest BCUT2D eigenvalue weighted by Gasteiger charge is -2.32. The molecule has 5 rings (SSSR count). The maximum Gasteiger partial charge on any atom is 0.232 e. The average Bonchev–Trinajstić information content (AvgIpc) is 3.32. The van der Waals surface area contributed by atoms with Gasteiger partial charge in [-0.2, -0.15) is 9.97 Å². The highest BCUT2D eigenvalue weighted by molar-refractivity contribution is 7.80. The van der Waals surface area contributed by atoms with Crippen LogP contribution in [0.15, 0.2) is 54.6 Å². The molecule has 2 aliphatic heterocycles. The summed E-state index contributed by atoms with van der Waals surface area (Å²) >= 11 is 5.56. The number of benzene rings is 2. The van der Waals surface area contributed by atoms with Crippen molar-refractivity contribution in [3.8, 4) is 0 Å². The summed E-state index contributed by atoms with van der Waals surface area (Å²) in [6, 6.07) is 17.3. The highest BCUT2D eigenvalue weighted by Gasteiger charge is 2.24. The first-order valence-electron chi connectivity index (χ1n) is 12.8. The molecule has 0 radical (unpaired) electrons. The summed E-state index contributed by atoms with van der Waals surface area (Å²) in [5, 5.41) is 6.99. The number of halogens is 1. The minimum atomic E-state index is -0.208. The predicted octanol–water partition coefficient (Wildman–Crippen LogP) is 5.29. The van der Waals surface area contributed by atoms with Crippen LogP contribution in [0.5, 0.6) is 0 Å². The molecule has 1 saturated heterocycles. The van der Waals surface area contributed by atoms with Gasteiger partial charge in [-0.15, -0.1) is 0 Å². The van der Waals surface area contributed by atoms with Gasteiger partial charge < -0.3 is 20.4 Å². The number of hydrogen-bond acceptors (Lipinski definition) is 5. The van der Waals surface area contributed by atoms with Gasteiger partial charge >= 0.3 is 0 Å². The molecule has 0 saturated carbocycles. The van der Waals surface area contributed by atoms with Crippen LogP contribution in [0.4, 0.5) is 22.0 Å². The topological polar surface area (TPSA) is 56.3 Å². The zero-order valence-corrected chi connectivity index (χ0v) is 21.5. The van der Waals surface area contributed by atoms with E-state index in [4.69, 9.17) is 22.2 Å². The van der Waals surface area contributed by atoms with Gasteiger partial charge in [-0.1, -0.05) is 43.3 Å².